The quantitative estimate of drug-likeness (QED) is 0.742. The topological polar surface area (TPSA) is 49.7 Å². The maximum absolute atomic E-state index is 12.5. The van der Waals surface area contributed by atoms with Crippen LogP contribution in [0.4, 0.5) is 0 Å². The molecular weight excluding hydrogens is 302 g/mol. The molecule has 114 valence electrons. The molecule has 0 unspecified atom stereocenters. The summed E-state index contributed by atoms with van der Waals surface area (Å²) in [4.78, 5) is 12.5. The number of hydrogen-bond acceptors (Lipinski definition) is 5. The Bertz CT molecular complexity index is 856. The van der Waals surface area contributed by atoms with Gasteiger partial charge in [0, 0.05) is 12.1 Å². The molecule has 0 aliphatic rings. The van der Waals surface area contributed by atoms with Gasteiger partial charge >= 0.3 is 0 Å². The number of nitrogens with zero attached hydrogens (tertiary/aromatic N) is 1. The van der Waals surface area contributed by atoms with Crippen LogP contribution in [0.2, 0.25) is 0 Å². The Morgan fingerprint density at radius 1 is 0.955 bits per heavy atom. The number of hydrogen-bond donors (Lipinski definition) is 0. The van der Waals surface area contributed by atoms with Crippen molar-refractivity contribution in [2.24, 2.45) is 0 Å². The molecule has 0 bridgehead atoms. The van der Waals surface area contributed by atoms with Crippen LogP contribution in [-0.4, -0.2) is 25.3 Å². The van der Waals surface area contributed by atoms with E-state index in [-0.39, 0.29) is 5.56 Å². The second-order valence-electron chi connectivity index (χ2n) is 4.57. The minimum Gasteiger partial charge on any atom is -0.493 e. The first kappa shape index (κ1) is 14.5. The van der Waals surface area contributed by atoms with Crippen molar-refractivity contribution in [3.63, 3.8) is 0 Å². The summed E-state index contributed by atoms with van der Waals surface area (Å²) in [7, 11) is 4.65. The number of rotatable bonds is 4. The molecule has 0 saturated carbocycles. The zero-order chi connectivity index (χ0) is 15.7. The highest BCUT2D eigenvalue weighted by atomic mass is 32.1. The van der Waals surface area contributed by atoms with E-state index in [4.69, 9.17) is 14.2 Å². The number of aromatic nitrogens is 1. The molecule has 22 heavy (non-hydrogen) atoms. The third-order valence-corrected chi connectivity index (χ3v) is 4.49. The largest absolute Gasteiger partial charge is 0.493 e. The lowest BCUT2D eigenvalue weighted by Crippen LogP contribution is -2.11. The molecule has 5 nitrogen and oxygen atoms in total. The van der Waals surface area contributed by atoms with Crippen LogP contribution in [0.1, 0.15) is 0 Å². The van der Waals surface area contributed by atoms with Gasteiger partial charge in [-0.25, -0.2) is 3.96 Å². The van der Waals surface area contributed by atoms with Crippen molar-refractivity contribution in [2.75, 3.05) is 21.3 Å². The summed E-state index contributed by atoms with van der Waals surface area (Å²) in [6.07, 6.45) is 0. The summed E-state index contributed by atoms with van der Waals surface area (Å²) in [6.45, 7) is 0. The predicted molar refractivity (Wildman–Crippen MR) is 87.1 cm³/mol. The van der Waals surface area contributed by atoms with Crippen molar-refractivity contribution < 1.29 is 14.2 Å². The number of methoxy groups -OCH3 is 3. The summed E-state index contributed by atoms with van der Waals surface area (Å²) in [6, 6.07) is 11.0. The van der Waals surface area contributed by atoms with E-state index in [1.165, 1.54) is 11.5 Å². The zero-order valence-corrected chi connectivity index (χ0v) is 13.3. The SMILES string of the molecule is COc1cc(-n2sc3ccccc3c2=O)cc(OC)c1OC. The molecule has 2 aromatic carbocycles. The van der Waals surface area contributed by atoms with Gasteiger partial charge in [-0.1, -0.05) is 23.7 Å². The van der Waals surface area contributed by atoms with Crippen LogP contribution in [0.5, 0.6) is 17.2 Å². The van der Waals surface area contributed by atoms with Gasteiger partial charge in [0.25, 0.3) is 5.56 Å². The van der Waals surface area contributed by atoms with E-state index in [1.807, 2.05) is 24.3 Å². The van der Waals surface area contributed by atoms with Crippen LogP contribution in [0.15, 0.2) is 41.2 Å². The Kier molecular flexibility index (Phi) is 3.77. The minimum atomic E-state index is -0.0603. The molecule has 0 aliphatic heterocycles. The van der Waals surface area contributed by atoms with Crippen LogP contribution < -0.4 is 19.8 Å². The van der Waals surface area contributed by atoms with Gasteiger partial charge in [-0.15, -0.1) is 0 Å². The molecule has 0 radical (unpaired) electrons. The van der Waals surface area contributed by atoms with Gasteiger partial charge in [0.05, 0.1) is 37.1 Å². The first-order chi connectivity index (χ1) is 10.7. The first-order valence-electron chi connectivity index (χ1n) is 6.61. The van der Waals surface area contributed by atoms with Gasteiger partial charge in [-0.05, 0) is 12.1 Å². The van der Waals surface area contributed by atoms with Gasteiger partial charge in [0.1, 0.15) is 0 Å². The highest BCUT2D eigenvalue weighted by Gasteiger charge is 2.16. The molecule has 0 aliphatic carbocycles. The summed E-state index contributed by atoms with van der Waals surface area (Å²) >= 11 is 1.38. The van der Waals surface area contributed by atoms with Gasteiger partial charge in [0.15, 0.2) is 11.5 Å². The second kappa shape index (κ2) is 5.73. The number of benzene rings is 2. The number of fused-ring (bicyclic) bond motifs is 1. The van der Waals surface area contributed by atoms with Crippen LogP contribution >= 0.6 is 11.5 Å². The lowest BCUT2D eigenvalue weighted by atomic mass is 10.2. The minimum absolute atomic E-state index is 0.0603. The molecule has 3 rings (SSSR count). The molecule has 0 fully saturated rings. The maximum Gasteiger partial charge on any atom is 0.273 e. The van der Waals surface area contributed by atoms with E-state index in [0.29, 0.717) is 28.3 Å². The predicted octanol–water partition coefficient (Wildman–Crippen LogP) is 3.08. The average Bonchev–Trinajstić information content (AvgIpc) is 2.90. The summed E-state index contributed by atoms with van der Waals surface area (Å²) in [5.74, 6) is 1.53. The van der Waals surface area contributed by atoms with Crippen molar-refractivity contribution >= 4 is 21.6 Å². The van der Waals surface area contributed by atoms with Crippen molar-refractivity contribution in [1.82, 2.24) is 3.96 Å². The molecule has 1 aromatic heterocycles. The van der Waals surface area contributed by atoms with E-state index in [9.17, 15) is 4.79 Å². The van der Waals surface area contributed by atoms with Crippen LogP contribution in [0.3, 0.4) is 0 Å². The Balaban J connectivity index is 2.26. The highest BCUT2D eigenvalue weighted by molar-refractivity contribution is 7.14. The fraction of sp³-hybridized carbons (Fsp3) is 0.188. The van der Waals surface area contributed by atoms with E-state index in [1.54, 1.807) is 37.4 Å². The Labute approximate surface area is 131 Å². The first-order valence-corrected chi connectivity index (χ1v) is 7.38. The molecule has 0 amide bonds. The van der Waals surface area contributed by atoms with E-state index < -0.39 is 0 Å². The Hall–Kier alpha value is -2.47. The lowest BCUT2D eigenvalue weighted by Gasteiger charge is -2.13. The van der Waals surface area contributed by atoms with Crippen molar-refractivity contribution in [3.05, 3.63) is 46.8 Å². The van der Waals surface area contributed by atoms with Crippen molar-refractivity contribution in [2.45, 2.75) is 0 Å². The van der Waals surface area contributed by atoms with Crippen LogP contribution in [0.25, 0.3) is 15.8 Å². The average molecular weight is 317 g/mol. The van der Waals surface area contributed by atoms with Crippen LogP contribution in [-0.2, 0) is 0 Å². The van der Waals surface area contributed by atoms with E-state index >= 15 is 0 Å². The molecule has 6 heteroatoms. The maximum atomic E-state index is 12.5. The zero-order valence-electron chi connectivity index (χ0n) is 12.5. The molecular formula is C16H15NO4S. The fourth-order valence-electron chi connectivity index (χ4n) is 2.33. The molecule has 0 N–H and O–H groups in total. The van der Waals surface area contributed by atoms with Crippen molar-refractivity contribution in [1.29, 1.82) is 0 Å². The summed E-state index contributed by atoms with van der Waals surface area (Å²) < 4.78 is 18.5. The fourth-order valence-corrected chi connectivity index (χ4v) is 3.31. The normalized spacial score (nSPS) is 10.7. The molecule has 1 heterocycles. The van der Waals surface area contributed by atoms with Crippen LogP contribution in [0, 0.1) is 0 Å². The third kappa shape index (κ3) is 2.21. The molecule has 0 spiro atoms. The molecule has 0 saturated heterocycles. The monoisotopic (exact) mass is 317 g/mol. The van der Waals surface area contributed by atoms with E-state index in [0.717, 1.165) is 4.70 Å². The van der Waals surface area contributed by atoms with Gasteiger partial charge in [-0.2, -0.15) is 0 Å². The van der Waals surface area contributed by atoms with Gasteiger partial charge < -0.3 is 14.2 Å². The third-order valence-electron chi connectivity index (χ3n) is 3.38. The van der Waals surface area contributed by atoms with Crippen molar-refractivity contribution in [3.8, 4) is 22.9 Å². The molecule has 0 atom stereocenters. The van der Waals surface area contributed by atoms with Gasteiger partial charge in [0.2, 0.25) is 5.75 Å². The highest BCUT2D eigenvalue weighted by Crippen LogP contribution is 2.39. The second-order valence-corrected chi connectivity index (χ2v) is 5.56. The van der Waals surface area contributed by atoms with E-state index in [2.05, 4.69) is 0 Å². The summed E-state index contributed by atoms with van der Waals surface area (Å²) in [5.41, 5.74) is 0.621. The smallest absolute Gasteiger partial charge is 0.273 e. The molecule has 3 aromatic rings. The Morgan fingerprint density at radius 2 is 1.59 bits per heavy atom. The lowest BCUT2D eigenvalue weighted by molar-refractivity contribution is 0.324. The number of ether oxygens (including phenoxy) is 3. The summed E-state index contributed by atoms with van der Waals surface area (Å²) in [5, 5.41) is 0.696. The standard InChI is InChI=1S/C16H15NO4S/c1-19-12-8-10(9-13(20-2)15(12)21-3)17-16(18)11-6-4-5-7-14(11)22-17/h4-9H,1-3H3. The Morgan fingerprint density at radius 3 is 2.14 bits per heavy atom. The van der Waals surface area contributed by atoms with Gasteiger partial charge in [-0.3, -0.25) is 4.79 Å².